The molecule has 1 aromatic rings. The van der Waals surface area contributed by atoms with E-state index in [-0.39, 0.29) is 0 Å². The van der Waals surface area contributed by atoms with Gasteiger partial charge in [0.1, 0.15) is 0 Å². The molecule has 0 aliphatic rings. The molecule has 17 heavy (non-hydrogen) atoms. The molecule has 0 spiro atoms. The zero-order chi connectivity index (χ0) is 12.7. The molecule has 1 N–H and O–H groups in total. The number of ether oxygens (including phenoxy) is 1. The molecule has 0 saturated carbocycles. The fourth-order valence-electron chi connectivity index (χ4n) is 2.06. The predicted molar refractivity (Wildman–Crippen MR) is 73.5 cm³/mol. The molecule has 0 amide bonds. The van der Waals surface area contributed by atoms with Crippen LogP contribution in [0.2, 0.25) is 0 Å². The van der Waals surface area contributed by atoms with E-state index in [0.717, 1.165) is 26.3 Å². The van der Waals surface area contributed by atoms with Gasteiger partial charge in [-0.1, -0.05) is 24.6 Å². The average molecular weight is 235 g/mol. The summed E-state index contributed by atoms with van der Waals surface area (Å²) < 4.78 is 5.71. The van der Waals surface area contributed by atoms with Gasteiger partial charge in [0, 0.05) is 6.54 Å². The Kier molecular flexibility index (Phi) is 6.23. The Morgan fingerprint density at radius 3 is 2.29 bits per heavy atom. The summed E-state index contributed by atoms with van der Waals surface area (Å²) in [6.07, 6.45) is 1.18. The smallest absolute Gasteiger partial charge is 0.0722 e. The fraction of sp³-hybridized carbons (Fsp3) is 0.600. The van der Waals surface area contributed by atoms with Gasteiger partial charge in [-0.2, -0.15) is 0 Å². The summed E-state index contributed by atoms with van der Waals surface area (Å²) in [6.45, 7) is 12.2. The van der Waals surface area contributed by atoms with Crippen LogP contribution in [0, 0.1) is 20.8 Å². The van der Waals surface area contributed by atoms with E-state index in [0.29, 0.717) is 0 Å². The van der Waals surface area contributed by atoms with Gasteiger partial charge in [0.25, 0.3) is 0 Å². The first-order valence-electron chi connectivity index (χ1n) is 6.50. The van der Waals surface area contributed by atoms with Gasteiger partial charge in [-0.15, -0.1) is 0 Å². The largest absolute Gasteiger partial charge is 0.375 e. The van der Waals surface area contributed by atoms with Crippen molar-refractivity contribution >= 4 is 0 Å². The zero-order valence-corrected chi connectivity index (χ0v) is 11.6. The minimum Gasteiger partial charge on any atom is -0.375 e. The Morgan fingerprint density at radius 1 is 1.06 bits per heavy atom. The highest BCUT2D eigenvalue weighted by molar-refractivity contribution is 5.36. The number of rotatable bonds is 7. The molecule has 0 aliphatic carbocycles. The fourth-order valence-corrected chi connectivity index (χ4v) is 2.06. The van der Waals surface area contributed by atoms with Gasteiger partial charge < -0.3 is 10.1 Å². The molecular formula is C15H25NO. The number of benzene rings is 1. The Hall–Kier alpha value is -0.860. The molecule has 1 rings (SSSR count). The summed E-state index contributed by atoms with van der Waals surface area (Å²) in [7, 11) is 0. The molecule has 0 aliphatic heterocycles. The highest BCUT2D eigenvalue weighted by Crippen LogP contribution is 2.17. The monoisotopic (exact) mass is 235 g/mol. The molecule has 0 heterocycles. The second-order valence-electron chi connectivity index (χ2n) is 4.68. The van der Waals surface area contributed by atoms with Crippen LogP contribution in [0.3, 0.4) is 0 Å². The van der Waals surface area contributed by atoms with Gasteiger partial charge in [0.15, 0.2) is 0 Å². The quantitative estimate of drug-likeness (QED) is 0.733. The molecule has 0 radical (unpaired) electrons. The van der Waals surface area contributed by atoms with E-state index >= 15 is 0 Å². The Bertz CT molecular complexity index is 324. The third-order valence-electron chi connectivity index (χ3n) is 2.94. The molecule has 96 valence electrons. The van der Waals surface area contributed by atoms with Crippen molar-refractivity contribution < 1.29 is 4.74 Å². The van der Waals surface area contributed by atoms with Crippen LogP contribution >= 0.6 is 0 Å². The van der Waals surface area contributed by atoms with Gasteiger partial charge in [0.2, 0.25) is 0 Å². The van der Waals surface area contributed by atoms with E-state index in [4.69, 9.17) is 4.74 Å². The summed E-state index contributed by atoms with van der Waals surface area (Å²) in [4.78, 5) is 0. The van der Waals surface area contributed by atoms with Gasteiger partial charge >= 0.3 is 0 Å². The predicted octanol–water partition coefficient (Wildman–Crippen LogP) is 3.13. The normalized spacial score (nSPS) is 10.8. The van der Waals surface area contributed by atoms with E-state index < -0.39 is 0 Å². The minimum absolute atomic E-state index is 0.728. The van der Waals surface area contributed by atoms with Gasteiger partial charge in [-0.25, -0.2) is 0 Å². The van der Waals surface area contributed by atoms with Crippen molar-refractivity contribution in [3.63, 3.8) is 0 Å². The van der Waals surface area contributed by atoms with Crippen LogP contribution in [-0.2, 0) is 11.3 Å². The van der Waals surface area contributed by atoms with Crippen molar-refractivity contribution in [1.82, 2.24) is 5.32 Å². The van der Waals surface area contributed by atoms with Crippen LogP contribution in [0.25, 0.3) is 0 Å². The Balaban J connectivity index is 2.36. The van der Waals surface area contributed by atoms with E-state index in [9.17, 15) is 0 Å². The number of hydrogen-bond donors (Lipinski definition) is 1. The standard InChI is InChI=1S/C15H25NO/c1-5-6-16-7-8-17-11-15-13(3)9-12(2)10-14(15)4/h9-10,16H,5-8,11H2,1-4H3. The Labute approximate surface area is 105 Å². The van der Waals surface area contributed by atoms with Gasteiger partial charge in [-0.05, 0) is 50.4 Å². The summed E-state index contributed by atoms with van der Waals surface area (Å²) in [5.41, 5.74) is 5.34. The third-order valence-corrected chi connectivity index (χ3v) is 2.94. The van der Waals surface area contributed by atoms with Crippen molar-refractivity contribution in [2.45, 2.75) is 40.7 Å². The first-order chi connectivity index (χ1) is 8.15. The lowest BCUT2D eigenvalue weighted by molar-refractivity contribution is 0.122. The van der Waals surface area contributed by atoms with Crippen molar-refractivity contribution in [2.75, 3.05) is 19.7 Å². The molecule has 0 unspecified atom stereocenters. The topological polar surface area (TPSA) is 21.3 Å². The first-order valence-corrected chi connectivity index (χ1v) is 6.50. The minimum atomic E-state index is 0.728. The average Bonchev–Trinajstić information content (AvgIpc) is 2.26. The van der Waals surface area contributed by atoms with Gasteiger partial charge in [0.05, 0.1) is 13.2 Å². The molecule has 1 aromatic carbocycles. The number of aryl methyl sites for hydroxylation is 3. The molecule has 0 atom stereocenters. The second kappa shape index (κ2) is 7.46. The van der Waals surface area contributed by atoms with Crippen molar-refractivity contribution in [3.05, 3.63) is 34.4 Å². The molecule has 0 bridgehead atoms. The maximum atomic E-state index is 5.71. The van der Waals surface area contributed by atoms with Crippen LogP contribution in [0.5, 0.6) is 0 Å². The molecular weight excluding hydrogens is 210 g/mol. The lowest BCUT2D eigenvalue weighted by atomic mass is 10.0. The summed E-state index contributed by atoms with van der Waals surface area (Å²) in [6, 6.07) is 4.45. The van der Waals surface area contributed by atoms with Gasteiger partial charge in [-0.3, -0.25) is 0 Å². The van der Waals surface area contributed by atoms with Crippen LogP contribution in [-0.4, -0.2) is 19.7 Å². The summed E-state index contributed by atoms with van der Waals surface area (Å²) >= 11 is 0. The highest BCUT2D eigenvalue weighted by Gasteiger charge is 2.03. The van der Waals surface area contributed by atoms with E-state index in [1.165, 1.54) is 28.7 Å². The summed E-state index contributed by atoms with van der Waals surface area (Å²) in [5, 5.41) is 3.33. The molecule has 0 fully saturated rings. The molecule has 0 saturated heterocycles. The van der Waals surface area contributed by atoms with E-state index in [1.807, 2.05) is 0 Å². The van der Waals surface area contributed by atoms with Crippen molar-refractivity contribution in [1.29, 1.82) is 0 Å². The van der Waals surface area contributed by atoms with Crippen molar-refractivity contribution in [2.24, 2.45) is 0 Å². The van der Waals surface area contributed by atoms with Crippen LogP contribution in [0.4, 0.5) is 0 Å². The maximum absolute atomic E-state index is 5.71. The highest BCUT2D eigenvalue weighted by atomic mass is 16.5. The molecule has 2 heteroatoms. The van der Waals surface area contributed by atoms with Crippen LogP contribution in [0.1, 0.15) is 35.6 Å². The molecule has 0 aromatic heterocycles. The third kappa shape index (κ3) is 4.88. The van der Waals surface area contributed by atoms with E-state index in [1.54, 1.807) is 0 Å². The molecule has 2 nitrogen and oxygen atoms in total. The van der Waals surface area contributed by atoms with Crippen molar-refractivity contribution in [3.8, 4) is 0 Å². The van der Waals surface area contributed by atoms with E-state index in [2.05, 4.69) is 45.1 Å². The lowest BCUT2D eigenvalue weighted by Crippen LogP contribution is -2.20. The van der Waals surface area contributed by atoms with Crippen LogP contribution < -0.4 is 5.32 Å². The first kappa shape index (κ1) is 14.2. The second-order valence-corrected chi connectivity index (χ2v) is 4.68. The summed E-state index contributed by atoms with van der Waals surface area (Å²) in [5.74, 6) is 0. The Morgan fingerprint density at radius 2 is 1.71 bits per heavy atom. The maximum Gasteiger partial charge on any atom is 0.0722 e. The lowest BCUT2D eigenvalue weighted by Gasteiger charge is -2.12. The number of hydrogen-bond acceptors (Lipinski definition) is 2. The van der Waals surface area contributed by atoms with Crippen LogP contribution in [0.15, 0.2) is 12.1 Å². The zero-order valence-electron chi connectivity index (χ0n) is 11.6. The SMILES string of the molecule is CCCNCCOCc1c(C)cc(C)cc1C. The number of nitrogens with one attached hydrogen (secondary N) is 1.